The minimum atomic E-state index is 0.603. The number of ether oxygens (including phenoxy) is 1. The third-order valence-electron chi connectivity index (χ3n) is 4.05. The van der Waals surface area contributed by atoms with Crippen molar-refractivity contribution in [3.63, 3.8) is 0 Å². The van der Waals surface area contributed by atoms with Crippen LogP contribution >= 0.6 is 11.6 Å². The Balaban J connectivity index is 2.07. The second-order valence-electron chi connectivity index (χ2n) is 5.38. The molecule has 102 valence electrons. The van der Waals surface area contributed by atoms with E-state index in [0.717, 1.165) is 41.9 Å². The molecule has 0 bridgehead atoms. The van der Waals surface area contributed by atoms with Crippen molar-refractivity contribution in [1.82, 2.24) is 9.55 Å². The van der Waals surface area contributed by atoms with Crippen molar-refractivity contribution in [2.24, 2.45) is 11.8 Å². The zero-order chi connectivity index (χ0) is 13.4. The fraction of sp³-hybridized carbons (Fsp3) is 0.533. The number of para-hydroxylation sites is 1. The first-order valence-corrected chi connectivity index (χ1v) is 7.36. The Hall–Kier alpha value is -1.22. The molecule has 1 fully saturated rings. The molecule has 3 rings (SSSR count). The molecular weight excluding hydrogens is 260 g/mol. The lowest BCUT2D eigenvalue weighted by Gasteiger charge is -2.08. The number of alkyl halides is 1. The van der Waals surface area contributed by atoms with Gasteiger partial charge in [-0.1, -0.05) is 13.0 Å². The van der Waals surface area contributed by atoms with E-state index >= 15 is 0 Å². The largest absolute Gasteiger partial charge is 0.494 e. The number of methoxy groups -OCH3 is 1. The maximum atomic E-state index is 5.91. The second kappa shape index (κ2) is 5.04. The maximum absolute atomic E-state index is 5.91. The van der Waals surface area contributed by atoms with Gasteiger partial charge in [-0.2, -0.15) is 0 Å². The van der Waals surface area contributed by atoms with Crippen molar-refractivity contribution in [1.29, 1.82) is 0 Å². The van der Waals surface area contributed by atoms with Gasteiger partial charge < -0.3 is 9.30 Å². The second-order valence-corrected chi connectivity index (χ2v) is 5.76. The summed E-state index contributed by atoms with van der Waals surface area (Å²) in [6.45, 7) is 3.36. The van der Waals surface area contributed by atoms with Crippen LogP contribution in [0.5, 0.6) is 5.75 Å². The SMILES string of the molecule is COc1cccc2c1nc(CCCl)n2CC1CC1C. The van der Waals surface area contributed by atoms with Crippen LogP contribution < -0.4 is 4.74 Å². The lowest BCUT2D eigenvalue weighted by atomic mass is 10.2. The monoisotopic (exact) mass is 278 g/mol. The molecule has 1 aromatic heterocycles. The molecule has 4 heteroatoms. The van der Waals surface area contributed by atoms with Crippen molar-refractivity contribution in [2.45, 2.75) is 26.3 Å². The summed E-state index contributed by atoms with van der Waals surface area (Å²) < 4.78 is 7.73. The topological polar surface area (TPSA) is 27.1 Å². The summed E-state index contributed by atoms with van der Waals surface area (Å²) in [5.41, 5.74) is 2.12. The van der Waals surface area contributed by atoms with Crippen molar-refractivity contribution in [2.75, 3.05) is 13.0 Å². The first-order valence-electron chi connectivity index (χ1n) is 6.82. The van der Waals surface area contributed by atoms with E-state index in [2.05, 4.69) is 17.6 Å². The van der Waals surface area contributed by atoms with Crippen LogP contribution in [0.25, 0.3) is 11.0 Å². The Kier molecular flexibility index (Phi) is 3.40. The summed E-state index contributed by atoms with van der Waals surface area (Å²) in [6.07, 6.45) is 2.13. The molecule has 1 saturated carbocycles. The average Bonchev–Trinajstić information content (AvgIpc) is 2.99. The minimum absolute atomic E-state index is 0.603. The van der Waals surface area contributed by atoms with Crippen LogP contribution in [0.4, 0.5) is 0 Å². The van der Waals surface area contributed by atoms with Gasteiger partial charge in [0.1, 0.15) is 17.1 Å². The van der Waals surface area contributed by atoms with Gasteiger partial charge in [0, 0.05) is 18.8 Å². The quantitative estimate of drug-likeness (QED) is 0.783. The molecular formula is C15H19ClN2O. The number of aromatic nitrogens is 2. The van der Waals surface area contributed by atoms with Crippen LogP contribution in [0.15, 0.2) is 18.2 Å². The van der Waals surface area contributed by atoms with Crippen molar-refractivity contribution < 1.29 is 4.74 Å². The predicted octanol–water partition coefficient (Wildman–Crippen LogP) is 3.48. The number of halogens is 1. The molecule has 2 unspecified atom stereocenters. The molecule has 0 aliphatic heterocycles. The smallest absolute Gasteiger partial charge is 0.146 e. The number of hydrogen-bond acceptors (Lipinski definition) is 2. The van der Waals surface area contributed by atoms with Gasteiger partial charge in [-0.25, -0.2) is 4.98 Å². The number of imidazole rings is 1. The van der Waals surface area contributed by atoms with Crippen LogP contribution in [0, 0.1) is 11.8 Å². The molecule has 0 radical (unpaired) electrons. The summed E-state index contributed by atoms with van der Waals surface area (Å²) in [4.78, 5) is 4.73. The lowest BCUT2D eigenvalue weighted by molar-refractivity contribution is 0.419. The molecule has 1 aromatic carbocycles. The highest BCUT2D eigenvalue weighted by molar-refractivity contribution is 6.17. The lowest BCUT2D eigenvalue weighted by Crippen LogP contribution is -2.06. The van der Waals surface area contributed by atoms with E-state index in [9.17, 15) is 0 Å². The number of aryl methyl sites for hydroxylation is 1. The normalized spacial score (nSPS) is 21.8. The van der Waals surface area contributed by atoms with E-state index in [-0.39, 0.29) is 0 Å². The number of hydrogen-bond donors (Lipinski definition) is 0. The van der Waals surface area contributed by atoms with E-state index in [1.165, 1.54) is 11.9 Å². The zero-order valence-electron chi connectivity index (χ0n) is 11.4. The third-order valence-corrected chi connectivity index (χ3v) is 4.24. The molecule has 1 aliphatic carbocycles. The Bertz CT molecular complexity index is 593. The molecule has 0 saturated heterocycles. The Morgan fingerprint density at radius 2 is 2.26 bits per heavy atom. The molecule has 0 N–H and O–H groups in total. The van der Waals surface area contributed by atoms with Gasteiger partial charge in [-0.15, -0.1) is 11.6 Å². The van der Waals surface area contributed by atoms with Crippen LogP contribution in [-0.2, 0) is 13.0 Å². The number of benzene rings is 1. The van der Waals surface area contributed by atoms with Gasteiger partial charge in [0.05, 0.1) is 12.6 Å². The van der Waals surface area contributed by atoms with Crippen LogP contribution in [-0.4, -0.2) is 22.5 Å². The summed E-state index contributed by atoms with van der Waals surface area (Å²) in [5.74, 6) is 4.15. The molecule has 19 heavy (non-hydrogen) atoms. The van der Waals surface area contributed by atoms with Crippen molar-refractivity contribution >= 4 is 22.6 Å². The Labute approximate surface area is 118 Å². The fourth-order valence-electron chi connectivity index (χ4n) is 2.70. The van der Waals surface area contributed by atoms with Crippen LogP contribution in [0.3, 0.4) is 0 Å². The van der Waals surface area contributed by atoms with E-state index in [1.807, 2.05) is 12.1 Å². The van der Waals surface area contributed by atoms with Gasteiger partial charge in [0.15, 0.2) is 0 Å². The Morgan fingerprint density at radius 3 is 2.89 bits per heavy atom. The predicted molar refractivity (Wildman–Crippen MR) is 78.0 cm³/mol. The highest BCUT2D eigenvalue weighted by Gasteiger charge is 2.33. The Morgan fingerprint density at radius 1 is 1.47 bits per heavy atom. The summed E-state index contributed by atoms with van der Waals surface area (Å²) in [6, 6.07) is 6.11. The third kappa shape index (κ3) is 2.32. The van der Waals surface area contributed by atoms with Gasteiger partial charge in [-0.05, 0) is 30.4 Å². The van der Waals surface area contributed by atoms with Crippen LogP contribution in [0.1, 0.15) is 19.2 Å². The van der Waals surface area contributed by atoms with Gasteiger partial charge in [0.25, 0.3) is 0 Å². The van der Waals surface area contributed by atoms with E-state index in [4.69, 9.17) is 21.3 Å². The number of nitrogens with zero attached hydrogens (tertiary/aromatic N) is 2. The molecule has 1 heterocycles. The van der Waals surface area contributed by atoms with Gasteiger partial charge in [0.2, 0.25) is 0 Å². The minimum Gasteiger partial charge on any atom is -0.494 e. The number of fused-ring (bicyclic) bond motifs is 1. The maximum Gasteiger partial charge on any atom is 0.146 e. The van der Waals surface area contributed by atoms with Gasteiger partial charge >= 0.3 is 0 Å². The van der Waals surface area contributed by atoms with E-state index in [1.54, 1.807) is 7.11 Å². The summed E-state index contributed by atoms with van der Waals surface area (Å²) in [7, 11) is 1.69. The molecule has 2 aromatic rings. The molecule has 2 atom stereocenters. The number of rotatable bonds is 5. The van der Waals surface area contributed by atoms with E-state index in [0.29, 0.717) is 5.88 Å². The highest BCUT2D eigenvalue weighted by atomic mass is 35.5. The molecule has 1 aliphatic rings. The molecule has 0 spiro atoms. The summed E-state index contributed by atoms with van der Waals surface area (Å²) >= 11 is 5.91. The summed E-state index contributed by atoms with van der Waals surface area (Å²) in [5, 5.41) is 0. The molecule has 0 amide bonds. The van der Waals surface area contributed by atoms with E-state index < -0.39 is 0 Å². The first-order chi connectivity index (χ1) is 9.24. The standard InChI is InChI=1S/C15H19ClN2O/c1-10-8-11(10)9-18-12-4-3-5-13(19-2)15(12)17-14(18)6-7-16/h3-5,10-11H,6-9H2,1-2H3. The zero-order valence-corrected chi connectivity index (χ0v) is 12.2. The van der Waals surface area contributed by atoms with Gasteiger partial charge in [-0.3, -0.25) is 0 Å². The highest BCUT2D eigenvalue weighted by Crippen LogP contribution is 2.40. The fourth-order valence-corrected chi connectivity index (χ4v) is 2.87. The molecule has 3 nitrogen and oxygen atoms in total. The van der Waals surface area contributed by atoms with Crippen molar-refractivity contribution in [3.05, 3.63) is 24.0 Å². The first kappa shape index (κ1) is 12.8. The van der Waals surface area contributed by atoms with Crippen LogP contribution in [0.2, 0.25) is 0 Å². The van der Waals surface area contributed by atoms with Crippen molar-refractivity contribution in [3.8, 4) is 5.75 Å². The average molecular weight is 279 g/mol.